The quantitative estimate of drug-likeness (QED) is 0.512. The summed E-state index contributed by atoms with van der Waals surface area (Å²) in [6.07, 6.45) is 16.4. The number of carbonyl (C=O) groups excluding carboxylic acids is 1. The molecule has 39 heavy (non-hydrogen) atoms. The fourth-order valence-corrected chi connectivity index (χ4v) is 6.43. The maximum absolute atomic E-state index is 13.5. The molecule has 1 amide bonds. The number of pyridine rings is 1. The molecule has 1 aromatic rings. The Morgan fingerprint density at radius 1 is 1.18 bits per heavy atom. The fourth-order valence-electron chi connectivity index (χ4n) is 6.43. The Bertz CT molecular complexity index is 1040. The summed E-state index contributed by atoms with van der Waals surface area (Å²) in [6.45, 7) is 7.78. The monoisotopic (exact) mass is 538 g/mol. The number of piperidine rings is 1. The van der Waals surface area contributed by atoms with Crippen molar-refractivity contribution in [3.8, 4) is 0 Å². The molecule has 2 N–H and O–H groups in total. The largest absolute Gasteiger partial charge is 0.379 e. The van der Waals surface area contributed by atoms with E-state index in [2.05, 4.69) is 40.8 Å². The van der Waals surface area contributed by atoms with Crippen LogP contribution >= 0.6 is 0 Å². The lowest BCUT2D eigenvalue weighted by molar-refractivity contribution is -0.0615. The van der Waals surface area contributed by atoms with E-state index in [1.165, 1.54) is 12.0 Å². The third-order valence-corrected chi connectivity index (χ3v) is 8.95. The van der Waals surface area contributed by atoms with Gasteiger partial charge in [-0.15, -0.1) is 0 Å². The van der Waals surface area contributed by atoms with Crippen molar-refractivity contribution in [3.05, 3.63) is 47.2 Å². The first-order chi connectivity index (χ1) is 19.0. The number of hydrogen-bond donors (Lipinski definition) is 2. The van der Waals surface area contributed by atoms with Crippen LogP contribution < -0.4 is 10.6 Å². The number of nitrogens with one attached hydrogen (secondary N) is 2. The summed E-state index contributed by atoms with van der Waals surface area (Å²) in [6, 6.07) is 2.57. The number of hydrogen-bond acceptors (Lipinski definition) is 7. The molecule has 8 nitrogen and oxygen atoms in total. The molecule has 8 heteroatoms. The molecule has 3 fully saturated rings. The smallest absolute Gasteiger partial charge is 0.254 e. The zero-order valence-corrected chi connectivity index (χ0v) is 23.9. The van der Waals surface area contributed by atoms with Crippen molar-refractivity contribution in [1.82, 2.24) is 15.2 Å². The molecular weight excluding hydrogens is 492 g/mol. The number of likely N-dealkylation sites (tertiary alicyclic amines) is 1. The van der Waals surface area contributed by atoms with Gasteiger partial charge in [0.05, 0.1) is 24.9 Å². The number of aromatic nitrogens is 1. The van der Waals surface area contributed by atoms with Crippen molar-refractivity contribution in [2.45, 2.75) is 89.2 Å². The lowest BCUT2D eigenvalue weighted by Gasteiger charge is -2.38. The van der Waals surface area contributed by atoms with Gasteiger partial charge in [-0.3, -0.25) is 4.79 Å². The second-order valence-electron chi connectivity index (χ2n) is 11.6. The summed E-state index contributed by atoms with van der Waals surface area (Å²) < 4.78 is 17.7. The lowest BCUT2D eigenvalue weighted by Crippen LogP contribution is -2.54. The van der Waals surface area contributed by atoms with Crippen LogP contribution in [0.4, 0.5) is 5.82 Å². The van der Waals surface area contributed by atoms with Gasteiger partial charge in [-0.1, -0.05) is 23.8 Å². The third kappa shape index (κ3) is 7.09. The van der Waals surface area contributed by atoms with Crippen molar-refractivity contribution in [2.75, 3.05) is 45.3 Å². The predicted molar refractivity (Wildman–Crippen MR) is 153 cm³/mol. The Morgan fingerprint density at radius 3 is 2.79 bits per heavy atom. The third-order valence-electron chi connectivity index (χ3n) is 8.95. The van der Waals surface area contributed by atoms with Crippen LogP contribution in [0, 0.1) is 12.8 Å². The molecule has 214 valence electrons. The first kappa shape index (κ1) is 28.3. The number of amides is 1. The van der Waals surface area contributed by atoms with Crippen molar-refractivity contribution < 1.29 is 19.0 Å². The summed E-state index contributed by atoms with van der Waals surface area (Å²) in [7, 11) is 1.75. The average molecular weight is 539 g/mol. The van der Waals surface area contributed by atoms with Crippen molar-refractivity contribution in [1.29, 1.82) is 0 Å². The molecule has 0 bridgehead atoms. The molecule has 4 heterocycles. The summed E-state index contributed by atoms with van der Waals surface area (Å²) in [4.78, 5) is 20.1. The topological polar surface area (TPSA) is 85.0 Å². The van der Waals surface area contributed by atoms with Crippen LogP contribution in [-0.2, 0) is 14.2 Å². The van der Waals surface area contributed by atoms with E-state index in [4.69, 9.17) is 14.2 Å². The van der Waals surface area contributed by atoms with Crippen molar-refractivity contribution in [2.24, 2.45) is 5.92 Å². The van der Waals surface area contributed by atoms with E-state index < -0.39 is 0 Å². The molecule has 0 radical (unpaired) electrons. The molecule has 5 rings (SSSR count). The highest BCUT2D eigenvalue weighted by Gasteiger charge is 2.31. The average Bonchev–Trinajstić information content (AvgIpc) is 2.97. The van der Waals surface area contributed by atoms with E-state index in [1.807, 2.05) is 17.9 Å². The van der Waals surface area contributed by atoms with E-state index in [9.17, 15) is 4.79 Å². The lowest BCUT2D eigenvalue weighted by atomic mass is 9.87. The minimum Gasteiger partial charge on any atom is -0.379 e. The zero-order chi connectivity index (χ0) is 27.2. The highest BCUT2D eigenvalue weighted by molar-refractivity contribution is 5.96. The summed E-state index contributed by atoms with van der Waals surface area (Å²) in [5.41, 5.74) is 2.99. The number of allylic oxidation sites excluding steroid dienone is 3. The fraction of sp³-hybridized carbons (Fsp3) is 0.677. The summed E-state index contributed by atoms with van der Waals surface area (Å²) in [5, 5.41) is 7.28. The Balaban J connectivity index is 1.12. The maximum atomic E-state index is 13.5. The number of carbonyl (C=O) groups is 1. The zero-order valence-electron chi connectivity index (χ0n) is 23.9. The highest BCUT2D eigenvalue weighted by atomic mass is 16.5. The Kier molecular flexibility index (Phi) is 9.71. The number of methoxy groups -OCH3 is 1. The van der Waals surface area contributed by atoms with Gasteiger partial charge < -0.3 is 29.7 Å². The van der Waals surface area contributed by atoms with E-state index >= 15 is 0 Å². The second-order valence-corrected chi connectivity index (χ2v) is 11.6. The van der Waals surface area contributed by atoms with E-state index in [1.54, 1.807) is 13.3 Å². The van der Waals surface area contributed by atoms with Gasteiger partial charge in [0, 0.05) is 68.7 Å². The van der Waals surface area contributed by atoms with E-state index in [-0.39, 0.29) is 24.2 Å². The van der Waals surface area contributed by atoms with Gasteiger partial charge in [0.15, 0.2) is 0 Å². The van der Waals surface area contributed by atoms with Gasteiger partial charge in [-0.25, -0.2) is 4.98 Å². The minimum absolute atomic E-state index is 0.0960. The Morgan fingerprint density at radius 2 is 2.03 bits per heavy atom. The molecular formula is C31H46N4O4. The van der Waals surface area contributed by atoms with Gasteiger partial charge in [-0.2, -0.15) is 0 Å². The maximum Gasteiger partial charge on any atom is 0.254 e. The second kappa shape index (κ2) is 13.4. The van der Waals surface area contributed by atoms with Gasteiger partial charge >= 0.3 is 0 Å². The van der Waals surface area contributed by atoms with Crippen LogP contribution in [0.25, 0.3) is 0 Å². The minimum atomic E-state index is 0.0960. The molecule has 3 saturated heterocycles. The van der Waals surface area contributed by atoms with E-state index in [0.717, 1.165) is 75.2 Å². The van der Waals surface area contributed by atoms with Crippen LogP contribution in [0.3, 0.4) is 0 Å². The van der Waals surface area contributed by atoms with Crippen LogP contribution in [0.2, 0.25) is 0 Å². The van der Waals surface area contributed by atoms with Crippen LogP contribution in [0.15, 0.2) is 36.1 Å². The normalized spacial score (nSPS) is 30.2. The first-order valence-electron chi connectivity index (χ1n) is 14.9. The van der Waals surface area contributed by atoms with Crippen molar-refractivity contribution >= 4 is 11.7 Å². The summed E-state index contributed by atoms with van der Waals surface area (Å²) >= 11 is 0. The molecule has 5 atom stereocenters. The number of ether oxygens (including phenoxy) is 3. The van der Waals surface area contributed by atoms with Crippen LogP contribution in [0.1, 0.15) is 67.8 Å². The molecule has 0 saturated carbocycles. The Labute approximate surface area is 233 Å². The van der Waals surface area contributed by atoms with Crippen LogP contribution in [0.5, 0.6) is 0 Å². The van der Waals surface area contributed by atoms with Crippen LogP contribution in [-0.4, -0.2) is 86.1 Å². The van der Waals surface area contributed by atoms with Gasteiger partial charge in [0.25, 0.3) is 5.91 Å². The van der Waals surface area contributed by atoms with Gasteiger partial charge in [0.2, 0.25) is 0 Å². The molecule has 0 aromatic carbocycles. The molecule has 3 aliphatic heterocycles. The predicted octanol–water partition coefficient (Wildman–Crippen LogP) is 4.26. The molecule has 4 aliphatic rings. The number of rotatable bonds is 8. The van der Waals surface area contributed by atoms with E-state index in [0.29, 0.717) is 31.2 Å². The van der Waals surface area contributed by atoms with Gasteiger partial charge in [-0.05, 0) is 64.9 Å². The van der Waals surface area contributed by atoms with Gasteiger partial charge in [0.1, 0.15) is 5.82 Å². The molecule has 1 aromatic heterocycles. The summed E-state index contributed by atoms with van der Waals surface area (Å²) in [5.74, 6) is 1.35. The standard InChI is InChI=1S/C31H46N4O4/c1-21-7-9-23(10-8-21)28-6-4-5-25(39-28)19-33-30-22(2)26(11-15-32-30)31(36)35-16-12-24(13-17-35)34-27-14-18-38-20-29(27)37-3/h7-9,11,15,23-25,27-29,34H,4-6,10,12-14,16-20H2,1-3H3,(H,32,33)/t23?,25-,27+,28+,29-/m1/s1. The molecule has 0 spiro atoms. The van der Waals surface area contributed by atoms with Crippen molar-refractivity contribution in [3.63, 3.8) is 0 Å². The first-order valence-corrected chi connectivity index (χ1v) is 14.9. The number of nitrogens with zero attached hydrogens (tertiary/aromatic N) is 2. The SMILES string of the molecule is CO[C@@H]1COCC[C@@H]1NC1CCN(C(=O)c2ccnc(NC[C@H]3CCC[C@@H](C4C=CC(C)=CC4)O3)c2C)CC1. The highest BCUT2D eigenvalue weighted by Crippen LogP contribution is 2.30. The molecule has 1 unspecified atom stereocenters. The molecule has 1 aliphatic carbocycles. The Hall–Kier alpha value is -2.26. The number of anilines is 1.